The van der Waals surface area contributed by atoms with Crippen LogP contribution in [0.5, 0.6) is 0 Å². The van der Waals surface area contributed by atoms with Crippen molar-refractivity contribution in [3.05, 3.63) is 24.3 Å². The minimum absolute atomic E-state index is 0.0380. The summed E-state index contributed by atoms with van der Waals surface area (Å²) in [6, 6.07) is 8.44. The Hall–Kier alpha value is -1.53. The highest BCUT2D eigenvalue weighted by atomic mass is 32.2. The number of benzene rings is 1. The van der Waals surface area contributed by atoms with Gasteiger partial charge in [-0.3, -0.25) is 14.5 Å². The van der Waals surface area contributed by atoms with Crippen LogP contribution >= 0.6 is 11.8 Å². The molecule has 1 saturated heterocycles. The third-order valence-electron chi connectivity index (χ3n) is 5.30. The summed E-state index contributed by atoms with van der Waals surface area (Å²) in [7, 11) is 0. The number of carbonyl (C=O) groups excluding carboxylic acids is 2. The van der Waals surface area contributed by atoms with E-state index >= 15 is 0 Å². The number of likely N-dealkylation sites (tertiary alicyclic amines) is 1. The maximum absolute atomic E-state index is 12.7. The first-order chi connectivity index (χ1) is 12.6. The van der Waals surface area contributed by atoms with Crippen molar-refractivity contribution < 1.29 is 9.59 Å². The Bertz CT molecular complexity index is 652. The van der Waals surface area contributed by atoms with Crippen molar-refractivity contribution in [1.29, 1.82) is 0 Å². The molecule has 1 fully saturated rings. The van der Waals surface area contributed by atoms with Crippen molar-refractivity contribution in [3.8, 4) is 0 Å². The third kappa shape index (κ3) is 4.41. The number of rotatable bonds is 6. The molecule has 6 heteroatoms. The molecule has 1 aromatic carbocycles. The molecule has 2 amide bonds. The van der Waals surface area contributed by atoms with Gasteiger partial charge in [-0.25, -0.2) is 0 Å². The molecule has 0 radical (unpaired) electrons. The number of nitrogens with zero attached hydrogens (tertiary/aromatic N) is 2. The highest BCUT2D eigenvalue weighted by Crippen LogP contribution is 2.39. The quantitative estimate of drug-likeness (QED) is 0.831. The van der Waals surface area contributed by atoms with E-state index in [9.17, 15) is 9.59 Å². The Morgan fingerprint density at radius 1 is 1.31 bits per heavy atom. The van der Waals surface area contributed by atoms with Gasteiger partial charge in [0.1, 0.15) is 6.54 Å². The molecule has 2 heterocycles. The van der Waals surface area contributed by atoms with Crippen LogP contribution < -0.4 is 10.2 Å². The van der Waals surface area contributed by atoms with E-state index in [0.29, 0.717) is 12.6 Å². The van der Waals surface area contributed by atoms with Crippen molar-refractivity contribution in [2.45, 2.75) is 55.7 Å². The predicted octanol–water partition coefficient (Wildman–Crippen LogP) is 2.89. The van der Waals surface area contributed by atoms with Gasteiger partial charge in [0.2, 0.25) is 11.8 Å². The van der Waals surface area contributed by atoms with Crippen LogP contribution in [0, 0.1) is 0 Å². The number of para-hydroxylation sites is 1. The second-order valence-electron chi connectivity index (χ2n) is 7.14. The average Bonchev–Trinajstić information content (AvgIpc) is 2.65. The van der Waals surface area contributed by atoms with E-state index in [1.54, 1.807) is 16.7 Å². The van der Waals surface area contributed by atoms with E-state index in [2.05, 4.69) is 17.1 Å². The van der Waals surface area contributed by atoms with E-state index in [4.69, 9.17) is 0 Å². The molecular weight excluding hydrogens is 346 g/mol. The SMILES string of the molecule is CCC1Sc2ccccc2N(CC(=O)NCCN2CCCCC2C)C1=O. The molecule has 0 spiro atoms. The van der Waals surface area contributed by atoms with Gasteiger partial charge in [0.05, 0.1) is 10.9 Å². The number of carbonyl (C=O) groups is 2. The van der Waals surface area contributed by atoms with Crippen LogP contribution in [-0.2, 0) is 9.59 Å². The Labute approximate surface area is 160 Å². The first kappa shape index (κ1) is 19.2. The highest BCUT2D eigenvalue weighted by Gasteiger charge is 2.33. The van der Waals surface area contributed by atoms with Crippen LogP contribution in [-0.4, -0.2) is 54.2 Å². The molecule has 1 N–H and O–H groups in total. The Morgan fingerprint density at radius 3 is 2.88 bits per heavy atom. The smallest absolute Gasteiger partial charge is 0.240 e. The first-order valence-electron chi connectivity index (χ1n) is 9.68. The molecule has 2 aliphatic rings. The lowest BCUT2D eigenvalue weighted by Crippen LogP contribution is -2.48. The van der Waals surface area contributed by atoms with Gasteiger partial charge in [-0.1, -0.05) is 25.5 Å². The molecule has 2 aliphatic heterocycles. The summed E-state index contributed by atoms with van der Waals surface area (Å²) >= 11 is 1.60. The van der Waals surface area contributed by atoms with Crippen LogP contribution in [0.15, 0.2) is 29.2 Å². The Kier molecular flexibility index (Phi) is 6.59. The number of hydrogen-bond donors (Lipinski definition) is 1. The maximum Gasteiger partial charge on any atom is 0.240 e. The van der Waals surface area contributed by atoms with E-state index in [1.807, 2.05) is 31.2 Å². The number of anilines is 1. The zero-order valence-corrected chi connectivity index (χ0v) is 16.6. The summed E-state index contributed by atoms with van der Waals surface area (Å²) in [5.41, 5.74) is 0.854. The van der Waals surface area contributed by atoms with Gasteiger partial charge < -0.3 is 10.2 Å². The van der Waals surface area contributed by atoms with Gasteiger partial charge in [-0.15, -0.1) is 11.8 Å². The van der Waals surface area contributed by atoms with Gasteiger partial charge in [-0.05, 0) is 44.9 Å². The zero-order chi connectivity index (χ0) is 18.5. The molecule has 2 atom stereocenters. The Balaban J connectivity index is 1.56. The molecule has 1 aromatic rings. The molecular formula is C20H29N3O2S. The fourth-order valence-corrected chi connectivity index (χ4v) is 4.88. The predicted molar refractivity (Wildman–Crippen MR) is 107 cm³/mol. The minimum Gasteiger partial charge on any atom is -0.353 e. The number of amides is 2. The molecule has 0 bridgehead atoms. The maximum atomic E-state index is 12.7. The van der Waals surface area contributed by atoms with E-state index in [-0.39, 0.29) is 23.6 Å². The molecule has 142 valence electrons. The zero-order valence-electron chi connectivity index (χ0n) is 15.7. The fourth-order valence-electron chi connectivity index (χ4n) is 3.73. The summed E-state index contributed by atoms with van der Waals surface area (Å²) < 4.78 is 0. The summed E-state index contributed by atoms with van der Waals surface area (Å²) in [6.07, 6.45) is 4.55. The number of nitrogens with one attached hydrogen (secondary N) is 1. The lowest BCUT2D eigenvalue weighted by Gasteiger charge is -2.34. The monoisotopic (exact) mass is 375 g/mol. The second-order valence-corrected chi connectivity index (χ2v) is 8.38. The van der Waals surface area contributed by atoms with Crippen molar-refractivity contribution in [2.75, 3.05) is 31.1 Å². The summed E-state index contributed by atoms with van der Waals surface area (Å²) in [5, 5.41) is 2.90. The normalized spacial score (nSPS) is 23.6. The topological polar surface area (TPSA) is 52.7 Å². The van der Waals surface area contributed by atoms with Crippen LogP contribution in [0.1, 0.15) is 39.5 Å². The lowest BCUT2D eigenvalue weighted by atomic mass is 10.0. The molecule has 5 nitrogen and oxygen atoms in total. The number of hydrogen-bond acceptors (Lipinski definition) is 4. The van der Waals surface area contributed by atoms with E-state index in [0.717, 1.165) is 30.1 Å². The van der Waals surface area contributed by atoms with Gasteiger partial charge in [0.25, 0.3) is 0 Å². The van der Waals surface area contributed by atoms with Crippen molar-refractivity contribution in [2.24, 2.45) is 0 Å². The van der Waals surface area contributed by atoms with E-state index < -0.39 is 0 Å². The molecule has 0 aromatic heterocycles. The van der Waals surface area contributed by atoms with Crippen molar-refractivity contribution in [1.82, 2.24) is 10.2 Å². The number of piperidine rings is 1. The van der Waals surface area contributed by atoms with Crippen molar-refractivity contribution >= 4 is 29.3 Å². The third-order valence-corrected chi connectivity index (χ3v) is 6.72. The number of fused-ring (bicyclic) bond motifs is 1. The van der Waals surface area contributed by atoms with E-state index in [1.165, 1.54) is 19.3 Å². The molecule has 3 rings (SSSR count). The van der Waals surface area contributed by atoms with Crippen LogP contribution in [0.2, 0.25) is 0 Å². The van der Waals surface area contributed by atoms with Crippen LogP contribution in [0.4, 0.5) is 5.69 Å². The summed E-state index contributed by atoms with van der Waals surface area (Å²) in [6.45, 7) is 7.00. The first-order valence-corrected chi connectivity index (χ1v) is 10.6. The molecule has 0 aliphatic carbocycles. The van der Waals surface area contributed by atoms with Crippen LogP contribution in [0.25, 0.3) is 0 Å². The summed E-state index contributed by atoms with van der Waals surface area (Å²) in [5.74, 6) is -0.0458. The van der Waals surface area contributed by atoms with Crippen molar-refractivity contribution in [3.63, 3.8) is 0 Å². The molecule has 2 unspecified atom stereocenters. The lowest BCUT2D eigenvalue weighted by molar-refractivity contribution is -0.123. The van der Waals surface area contributed by atoms with Gasteiger partial charge in [-0.2, -0.15) is 0 Å². The highest BCUT2D eigenvalue weighted by molar-refractivity contribution is 8.01. The standard InChI is InChI=1S/C20H29N3O2S/c1-3-17-20(25)23(16-9-4-5-10-18(16)26-17)14-19(24)21-11-13-22-12-7-6-8-15(22)2/h4-5,9-10,15,17H,3,6-8,11-14H2,1-2H3,(H,21,24). The Morgan fingerprint density at radius 2 is 2.12 bits per heavy atom. The number of thioether (sulfide) groups is 1. The summed E-state index contributed by atoms with van der Waals surface area (Å²) in [4.78, 5) is 30.4. The largest absolute Gasteiger partial charge is 0.353 e. The van der Waals surface area contributed by atoms with Gasteiger partial charge >= 0.3 is 0 Å². The van der Waals surface area contributed by atoms with Crippen LogP contribution in [0.3, 0.4) is 0 Å². The second kappa shape index (κ2) is 8.91. The average molecular weight is 376 g/mol. The molecule has 26 heavy (non-hydrogen) atoms. The minimum atomic E-state index is -0.105. The fraction of sp³-hybridized carbons (Fsp3) is 0.600. The van der Waals surface area contributed by atoms with Gasteiger partial charge in [0.15, 0.2) is 0 Å². The van der Waals surface area contributed by atoms with Gasteiger partial charge in [0, 0.05) is 24.0 Å². The molecule has 0 saturated carbocycles.